The highest BCUT2D eigenvalue weighted by Gasteiger charge is 2.35. The summed E-state index contributed by atoms with van der Waals surface area (Å²) in [5.74, 6) is 0.742. The van der Waals surface area contributed by atoms with Crippen LogP contribution < -0.4 is 24.4 Å². The first-order valence-corrected chi connectivity index (χ1v) is 13.3. The zero-order valence-corrected chi connectivity index (χ0v) is 22.1. The van der Waals surface area contributed by atoms with Gasteiger partial charge in [-0.3, -0.25) is 9.36 Å². The first kappa shape index (κ1) is 24.7. The number of thiazole rings is 1. The van der Waals surface area contributed by atoms with Gasteiger partial charge in [0.25, 0.3) is 5.56 Å². The van der Waals surface area contributed by atoms with Crippen LogP contribution in [0, 0.1) is 0 Å². The third kappa shape index (κ3) is 4.63. The number of benzene rings is 2. The zero-order valence-electron chi connectivity index (χ0n) is 20.5. The highest BCUT2D eigenvalue weighted by atomic mass is 32.1. The van der Waals surface area contributed by atoms with Crippen LogP contribution >= 0.6 is 22.7 Å². The second-order valence-electron chi connectivity index (χ2n) is 8.05. The Bertz CT molecular complexity index is 1650. The number of ether oxygens (including phenoxy) is 3. The standard InChI is InChI=1S/C28H24N2O5S2/c1-4-35-27(32)23-24(17-9-6-5-7-10-17)29-28-30(25(23)21-11-8-14-36-21)26(31)22(37-28)15-18-12-13-19(33-2)16-20(18)34-3/h5-16,25H,4H2,1-3H3/b22-15-. The van der Waals surface area contributed by atoms with Gasteiger partial charge in [0.15, 0.2) is 4.80 Å². The largest absolute Gasteiger partial charge is 0.497 e. The van der Waals surface area contributed by atoms with Crippen molar-refractivity contribution in [3.63, 3.8) is 0 Å². The summed E-state index contributed by atoms with van der Waals surface area (Å²) >= 11 is 2.75. The van der Waals surface area contributed by atoms with Crippen LogP contribution in [0.3, 0.4) is 0 Å². The molecule has 2 aromatic carbocycles. The van der Waals surface area contributed by atoms with E-state index in [2.05, 4.69) is 0 Å². The zero-order chi connectivity index (χ0) is 25.9. The van der Waals surface area contributed by atoms with Gasteiger partial charge >= 0.3 is 5.97 Å². The average molecular weight is 533 g/mol. The SMILES string of the molecule is CCOC(=O)C1=C(c2ccccc2)N=c2s/c(=C\c3ccc(OC)cc3OC)c(=O)n2C1c1cccs1. The summed E-state index contributed by atoms with van der Waals surface area (Å²) in [6.45, 7) is 1.97. The van der Waals surface area contributed by atoms with Crippen molar-refractivity contribution in [3.8, 4) is 11.5 Å². The molecule has 188 valence electrons. The van der Waals surface area contributed by atoms with E-state index in [1.807, 2.05) is 60.0 Å². The van der Waals surface area contributed by atoms with Gasteiger partial charge in [-0.05, 0) is 36.6 Å². The minimum atomic E-state index is -0.662. The molecular weight excluding hydrogens is 508 g/mol. The van der Waals surface area contributed by atoms with E-state index in [0.29, 0.717) is 32.1 Å². The highest BCUT2D eigenvalue weighted by molar-refractivity contribution is 7.10. The number of aromatic nitrogens is 1. The molecule has 4 aromatic rings. The second kappa shape index (κ2) is 10.6. The van der Waals surface area contributed by atoms with Crippen LogP contribution in [0.2, 0.25) is 0 Å². The van der Waals surface area contributed by atoms with Gasteiger partial charge in [0.1, 0.15) is 17.5 Å². The molecule has 2 aromatic heterocycles. The van der Waals surface area contributed by atoms with Gasteiger partial charge < -0.3 is 14.2 Å². The molecule has 0 spiro atoms. The minimum Gasteiger partial charge on any atom is -0.497 e. The summed E-state index contributed by atoms with van der Waals surface area (Å²) in [5.41, 5.74) is 2.12. The molecule has 9 heteroatoms. The van der Waals surface area contributed by atoms with Crippen molar-refractivity contribution in [1.82, 2.24) is 4.57 Å². The molecule has 1 aliphatic heterocycles. The average Bonchev–Trinajstić information content (AvgIpc) is 3.57. The van der Waals surface area contributed by atoms with Crippen LogP contribution in [0.4, 0.5) is 0 Å². The fraction of sp³-hybridized carbons (Fsp3) is 0.179. The van der Waals surface area contributed by atoms with Crippen molar-refractivity contribution in [2.75, 3.05) is 20.8 Å². The van der Waals surface area contributed by atoms with Crippen LogP contribution in [0.1, 0.15) is 29.0 Å². The molecule has 0 amide bonds. The van der Waals surface area contributed by atoms with Gasteiger partial charge in [0.2, 0.25) is 0 Å². The Balaban J connectivity index is 1.79. The predicted octanol–water partition coefficient (Wildman–Crippen LogP) is 4.01. The number of nitrogens with zero attached hydrogens (tertiary/aromatic N) is 2. The molecule has 1 atom stereocenters. The number of hydrogen-bond acceptors (Lipinski definition) is 8. The van der Waals surface area contributed by atoms with Gasteiger partial charge in [-0.1, -0.05) is 47.7 Å². The van der Waals surface area contributed by atoms with Crippen molar-refractivity contribution >= 4 is 40.4 Å². The van der Waals surface area contributed by atoms with Crippen molar-refractivity contribution in [3.05, 3.63) is 107 Å². The van der Waals surface area contributed by atoms with E-state index in [4.69, 9.17) is 19.2 Å². The molecule has 0 saturated heterocycles. The number of methoxy groups -OCH3 is 2. The number of carbonyl (C=O) groups is 1. The van der Waals surface area contributed by atoms with Crippen molar-refractivity contribution in [2.24, 2.45) is 4.99 Å². The van der Waals surface area contributed by atoms with E-state index < -0.39 is 12.0 Å². The topological polar surface area (TPSA) is 79.1 Å². The molecule has 1 aliphatic rings. The summed E-state index contributed by atoms with van der Waals surface area (Å²) in [6, 6.07) is 18.1. The smallest absolute Gasteiger partial charge is 0.338 e. The molecule has 0 aliphatic carbocycles. The van der Waals surface area contributed by atoms with E-state index in [1.54, 1.807) is 37.9 Å². The summed E-state index contributed by atoms with van der Waals surface area (Å²) in [6.07, 6.45) is 1.78. The third-order valence-corrected chi connectivity index (χ3v) is 7.82. The summed E-state index contributed by atoms with van der Waals surface area (Å²) in [4.78, 5) is 33.4. The monoisotopic (exact) mass is 532 g/mol. The Hall–Kier alpha value is -3.95. The van der Waals surface area contributed by atoms with E-state index in [9.17, 15) is 9.59 Å². The predicted molar refractivity (Wildman–Crippen MR) is 145 cm³/mol. The van der Waals surface area contributed by atoms with E-state index >= 15 is 0 Å². The lowest BCUT2D eigenvalue weighted by molar-refractivity contribution is -0.138. The van der Waals surface area contributed by atoms with Crippen LogP contribution in [0.25, 0.3) is 11.8 Å². The molecule has 1 unspecified atom stereocenters. The summed E-state index contributed by atoms with van der Waals surface area (Å²) < 4.78 is 18.4. The lowest BCUT2D eigenvalue weighted by atomic mass is 9.97. The number of fused-ring (bicyclic) bond motifs is 1. The van der Waals surface area contributed by atoms with E-state index in [-0.39, 0.29) is 12.2 Å². The van der Waals surface area contributed by atoms with Crippen LogP contribution in [0.15, 0.2) is 81.4 Å². The normalized spacial score (nSPS) is 15.2. The Morgan fingerprint density at radius 3 is 2.57 bits per heavy atom. The molecule has 7 nitrogen and oxygen atoms in total. The number of carbonyl (C=O) groups excluding carboxylic acids is 1. The van der Waals surface area contributed by atoms with Crippen LogP contribution in [0.5, 0.6) is 11.5 Å². The van der Waals surface area contributed by atoms with Gasteiger partial charge in [0.05, 0.1) is 36.6 Å². The van der Waals surface area contributed by atoms with Gasteiger partial charge in [-0.25, -0.2) is 9.79 Å². The first-order valence-electron chi connectivity index (χ1n) is 11.6. The fourth-order valence-electron chi connectivity index (χ4n) is 4.24. The second-order valence-corrected chi connectivity index (χ2v) is 10.0. The maximum Gasteiger partial charge on any atom is 0.338 e. The summed E-state index contributed by atoms with van der Waals surface area (Å²) in [5, 5.41) is 1.93. The number of hydrogen-bond donors (Lipinski definition) is 0. The molecule has 3 heterocycles. The molecule has 0 fully saturated rings. The maximum absolute atomic E-state index is 13.9. The number of esters is 1. The Morgan fingerprint density at radius 1 is 1.08 bits per heavy atom. The lowest BCUT2D eigenvalue weighted by Gasteiger charge is -2.24. The van der Waals surface area contributed by atoms with Crippen molar-refractivity contribution < 1.29 is 19.0 Å². The molecule has 0 bridgehead atoms. The Kier molecular flexibility index (Phi) is 7.07. The van der Waals surface area contributed by atoms with Crippen molar-refractivity contribution in [2.45, 2.75) is 13.0 Å². The van der Waals surface area contributed by atoms with E-state index in [1.165, 1.54) is 22.7 Å². The molecule has 5 rings (SSSR count). The molecule has 0 radical (unpaired) electrons. The quantitative estimate of drug-likeness (QED) is 0.336. The summed E-state index contributed by atoms with van der Waals surface area (Å²) in [7, 11) is 3.16. The van der Waals surface area contributed by atoms with Crippen LogP contribution in [-0.2, 0) is 9.53 Å². The fourth-order valence-corrected chi connectivity index (χ4v) is 6.05. The van der Waals surface area contributed by atoms with E-state index in [0.717, 1.165) is 16.0 Å². The molecule has 0 N–H and O–H groups in total. The van der Waals surface area contributed by atoms with Gasteiger partial charge in [0, 0.05) is 22.1 Å². The molecular formula is C28H24N2O5S2. The molecule has 0 saturated carbocycles. The molecule has 37 heavy (non-hydrogen) atoms. The first-order chi connectivity index (χ1) is 18.0. The number of thiophene rings is 1. The third-order valence-electron chi connectivity index (χ3n) is 5.91. The minimum absolute atomic E-state index is 0.212. The Labute approximate surface area is 221 Å². The Morgan fingerprint density at radius 2 is 1.89 bits per heavy atom. The lowest BCUT2D eigenvalue weighted by Crippen LogP contribution is -2.39. The maximum atomic E-state index is 13.9. The van der Waals surface area contributed by atoms with Gasteiger partial charge in [-0.15, -0.1) is 11.3 Å². The number of rotatable bonds is 7. The van der Waals surface area contributed by atoms with Crippen molar-refractivity contribution in [1.29, 1.82) is 0 Å². The van der Waals surface area contributed by atoms with Crippen LogP contribution in [-0.4, -0.2) is 31.4 Å². The van der Waals surface area contributed by atoms with Gasteiger partial charge in [-0.2, -0.15) is 0 Å². The highest BCUT2D eigenvalue weighted by Crippen LogP contribution is 2.36.